The van der Waals surface area contributed by atoms with Gasteiger partial charge in [0, 0.05) is 18.8 Å². The minimum Gasteiger partial charge on any atom is -0.348 e. The van der Waals surface area contributed by atoms with Crippen LogP contribution in [0.5, 0.6) is 0 Å². The SMILES string of the molecule is CC(C)n1cnc2cc(C(=O)NCc3ccc(C#N)cc3)cnc21. The molecular formula is C18H17N5O. The van der Waals surface area contributed by atoms with Crippen molar-refractivity contribution in [1.82, 2.24) is 19.9 Å². The van der Waals surface area contributed by atoms with Crippen LogP contribution in [0.2, 0.25) is 0 Å². The number of nitrogens with zero attached hydrogens (tertiary/aromatic N) is 4. The summed E-state index contributed by atoms with van der Waals surface area (Å²) in [5, 5.41) is 11.6. The van der Waals surface area contributed by atoms with E-state index < -0.39 is 0 Å². The smallest absolute Gasteiger partial charge is 0.253 e. The van der Waals surface area contributed by atoms with Crippen molar-refractivity contribution in [2.24, 2.45) is 0 Å². The van der Waals surface area contributed by atoms with E-state index in [1.54, 1.807) is 30.7 Å². The van der Waals surface area contributed by atoms with Crippen LogP contribution in [0.15, 0.2) is 42.9 Å². The summed E-state index contributed by atoms with van der Waals surface area (Å²) in [4.78, 5) is 21.0. The van der Waals surface area contributed by atoms with Crippen molar-refractivity contribution >= 4 is 17.1 Å². The molecule has 0 fully saturated rings. The van der Waals surface area contributed by atoms with Crippen molar-refractivity contribution in [3.8, 4) is 6.07 Å². The van der Waals surface area contributed by atoms with E-state index in [9.17, 15) is 4.79 Å². The summed E-state index contributed by atoms with van der Waals surface area (Å²) >= 11 is 0. The third kappa shape index (κ3) is 3.10. The molecule has 1 N–H and O–H groups in total. The van der Waals surface area contributed by atoms with E-state index in [1.807, 2.05) is 16.7 Å². The number of imidazole rings is 1. The lowest BCUT2D eigenvalue weighted by atomic mass is 10.1. The van der Waals surface area contributed by atoms with Gasteiger partial charge in [-0.2, -0.15) is 5.26 Å². The Morgan fingerprint density at radius 3 is 2.71 bits per heavy atom. The summed E-state index contributed by atoms with van der Waals surface area (Å²) < 4.78 is 1.97. The van der Waals surface area contributed by atoms with Crippen molar-refractivity contribution < 1.29 is 4.79 Å². The third-order valence-corrected chi connectivity index (χ3v) is 3.77. The zero-order valence-corrected chi connectivity index (χ0v) is 13.5. The Balaban J connectivity index is 1.72. The Kier molecular flexibility index (Phi) is 4.25. The third-order valence-electron chi connectivity index (χ3n) is 3.77. The average molecular weight is 319 g/mol. The average Bonchev–Trinajstić information content (AvgIpc) is 3.03. The van der Waals surface area contributed by atoms with E-state index in [0.29, 0.717) is 23.2 Å². The highest BCUT2D eigenvalue weighted by Gasteiger charge is 2.11. The Labute approximate surface area is 139 Å². The van der Waals surface area contributed by atoms with Crippen molar-refractivity contribution in [1.29, 1.82) is 5.26 Å². The van der Waals surface area contributed by atoms with E-state index in [4.69, 9.17) is 5.26 Å². The quantitative estimate of drug-likeness (QED) is 0.801. The van der Waals surface area contributed by atoms with Gasteiger partial charge in [0.05, 0.1) is 23.5 Å². The molecule has 0 aliphatic carbocycles. The number of hydrogen-bond donors (Lipinski definition) is 1. The molecule has 1 aromatic carbocycles. The predicted octanol–water partition coefficient (Wildman–Crippen LogP) is 2.81. The molecule has 6 heteroatoms. The maximum atomic E-state index is 12.3. The van der Waals surface area contributed by atoms with Crippen molar-refractivity contribution in [2.75, 3.05) is 0 Å². The topological polar surface area (TPSA) is 83.6 Å². The first kappa shape index (κ1) is 15.7. The molecule has 0 bridgehead atoms. The number of nitrogens with one attached hydrogen (secondary N) is 1. The summed E-state index contributed by atoms with van der Waals surface area (Å²) in [6.45, 7) is 4.50. The van der Waals surface area contributed by atoms with Crippen LogP contribution in [0, 0.1) is 11.3 Å². The van der Waals surface area contributed by atoms with Crippen molar-refractivity contribution in [3.63, 3.8) is 0 Å². The number of pyridine rings is 1. The molecule has 3 rings (SSSR count). The molecule has 1 amide bonds. The largest absolute Gasteiger partial charge is 0.348 e. The summed E-state index contributed by atoms with van der Waals surface area (Å²) in [6.07, 6.45) is 3.30. The fourth-order valence-electron chi connectivity index (χ4n) is 2.40. The molecule has 3 aromatic rings. The second-order valence-corrected chi connectivity index (χ2v) is 5.80. The molecule has 0 aliphatic heterocycles. The van der Waals surface area contributed by atoms with Crippen LogP contribution in [0.3, 0.4) is 0 Å². The molecule has 0 atom stereocenters. The first-order chi connectivity index (χ1) is 11.6. The molecule has 0 unspecified atom stereocenters. The van der Waals surface area contributed by atoms with Crippen LogP contribution in [0.25, 0.3) is 11.2 Å². The van der Waals surface area contributed by atoms with E-state index >= 15 is 0 Å². The Bertz CT molecular complexity index is 919. The standard InChI is InChI=1S/C18H17N5O/c1-12(2)23-11-22-16-7-15(10-20-17(16)23)18(24)21-9-14-5-3-13(8-19)4-6-14/h3-7,10-12H,9H2,1-2H3,(H,21,24). The lowest BCUT2D eigenvalue weighted by Gasteiger charge is -2.08. The van der Waals surface area contributed by atoms with Gasteiger partial charge in [-0.15, -0.1) is 0 Å². The highest BCUT2D eigenvalue weighted by atomic mass is 16.1. The number of carbonyl (C=O) groups excluding carboxylic acids is 1. The highest BCUT2D eigenvalue weighted by Crippen LogP contribution is 2.16. The highest BCUT2D eigenvalue weighted by molar-refractivity contribution is 5.96. The van der Waals surface area contributed by atoms with Crippen LogP contribution >= 0.6 is 0 Å². The van der Waals surface area contributed by atoms with Crippen LogP contribution in [-0.4, -0.2) is 20.4 Å². The molecule has 6 nitrogen and oxygen atoms in total. The minimum atomic E-state index is -0.201. The Morgan fingerprint density at radius 1 is 1.29 bits per heavy atom. The molecular weight excluding hydrogens is 302 g/mol. The number of aromatic nitrogens is 3. The summed E-state index contributed by atoms with van der Waals surface area (Å²) in [5.41, 5.74) is 3.48. The van der Waals surface area contributed by atoms with Gasteiger partial charge in [-0.1, -0.05) is 12.1 Å². The number of carbonyl (C=O) groups is 1. The molecule has 0 spiro atoms. The van der Waals surface area contributed by atoms with Crippen molar-refractivity contribution in [2.45, 2.75) is 26.4 Å². The summed E-state index contributed by atoms with van der Waals surface area (Å²) in [7, 11) is 0. The molecule has 2 aromatic heterocycles. The van der Waals surface area contributed by atoms with Crippen LogP contribution in [0.1, 0.15) is 41.4 Å². The zero-order valence-electron chi connectivity index (χ0n) is 13.5. The summed E-state index contributed by atoms with van der Waals surface area (Å²) in [5.74, 6) is -0.201. The van der Waals surface area contributed by atoms with E-state index in [2.05, 4.69) is 35.2 Å². The molecule has 120 valence electrons. The normalized spacial score (nSPS) is 10.8. The number of rotatable bonds is 4. The maximum absolute atomic E-state index is 12.3. The lowest BCUT2D eigenvalue weighted by molar-refractivity contribution is 0.0950. The number of hydrogen-bond acceptors (Lipinski definition) is 4. The number of fused-ring (bicyclic) bond motifs is 1. The fraction of sp³-hybridized carbons (Fsp3) is 0.222. The maximum Gasteiger partial charge on any atom is 0.253 e. The van der Waals surface area contributed by atoms with Gasteiger partial charge in [-0.25, -0.2) is 9.97 Å². The Morgan fingerprint density at radius 2 is 2.04 bits per heavy atom. The van der Waals surface area contributed by atoms with Crippen LogP contribution in [0.4, 0.5) is 0 Å². The predicted molar refractivity (Wildman–Crippen MR) is 90.2 cm³/mol. The Hall–Kier alpha value is -3.20. The molecule has 0 saturated carbocycles. The first-order valence-corrected chi connectivity index (χ1v) is 7.68. The lowest BCUT2D eigenvalue weighted by Crippen LogP contribution is -2.22. The minimum absolute atomic E-state index is 0.201. The van der Waals surface area contributed by atoms with E-state index in [-0.39, 0.29) is 11.9 Å². The molecule has 0 aliphatic rings. The molecule has 0 radical (unpaired) electrons. The number of amides is 1. The fourth-order valence-corrected chi connectivity index (χ4v) is 2.40. The number of benzene rings is 1. The first-order valence-electron chi connectivity index (χ1n) is 7.68. The second-order valence-electron chi connectivity index (χ2n) is 5.80. The molecule has 2 heterocycles. The zero-order chi connectivity index (χ0) is 17.1. The molecule has 24 heavy (non-hydrogen) atoms. The van der Waals surface area contributed by atoms with Gasteiger partial charge >= 0.3 is 0 Å². The monoisotopic (exact) mass is 319 g/mol. The second kappa shape index (κ2) is 6.50. The van der Waals surface area contributed by atoms with Crippen molar-refractivity contribution in [3.05, 3.63) is 59.5 Å². The van der Waals surface area contributed by atoms with Gasteiger partial charge < -0.3 is 9.88 Å². The van der Waals surface area contributed by atoms with Gasteiger partial charge in [-0.3, -0.25) is 4.79 Å². The van der Waals surface area contributed by atoms with Crippen LogP contribution < -0.4 is 5.32 Å². The number of nitriles is 1. The van der Waals surface area contributed by atoms with Gasteiger partial charge in [0.25, 0.3) is 5.91 Å². The summed E-state index contributed by atoms with van der Waals surface area (Å²) in [6, 6.07) is 11.2. The van der Waals surface area contributed by atoms with Gasteiger partial charge in [0.15, 0.2) is 5.65 Å². The molecule has 0 saturated heterocycles. The van der Waals surface area contributed by atoms with E-state index in [0.717, 1.165) is 11.2 Å². The van der Waals surface area contributed by atoms with E-state index in [1.165, 1.54) is 0 Å². The van der Waals surface area contributed by atoms with Gasteiger partial charge in [-0.05, 0) is 37.6 Å². The van der Waals surface area contributed by atoms with Crippen LogP contribution in [-0.2, 0) is 6.54 Å². The van der Waals surface area contributed by atoms with Gasteiger partial charge in [0.1, 0.15) is 5.52 Å². The van der Waals surface area contributed by atoms with Gasteiger partial charge in [0.2, 0.25) is 0 Å².